The second-order valence-corrected chi connectivity index (χ2v) is 15.8. The summed E-state index contributed by atoms with van der Waals surface area (Å²) in [7, 11) is 0. The van der Waals surface area contributed by atoms with Gasteiger partial charge in [-0.3, -0.25) is 9.59 Å². The summed E-state index contributed by atoms with van der Waals surface area (Å²) in [5.41, 5.74) is 1.35. The molecule has 0 unspecified atom stereocenters. The van der Waals surface area contributed by atoms with Crippen molar-refractivity contribution < 1.29 is 46.1 Å². The van der Waals surface area contributed by atoms with Crippen LogP contribution in [0.2, 0.25) is 0 Å². The number of halogens is 7. The van der Waals surface area contributed by atoms with Crippen LogP contribution in [0.1, 0.15) is 47.2 Å². The molecule has 1 amide bonds. The Balaban J connectivity index is 0.000000194. The highest BCUT2D eigenvalue weighted by Gasteiger charge is 2.43. The number of carbonyl (C=O) groups is 2. The van der Waals surface area contributed by atoms with Crippen molar-refractivity contribution in [3.05, 3.63) is 130 Å². The summed E-state index contributed by atoms with van der Waals surface area (Å²) in [6.07, 6.45) is -7.87. The van der Waals surface area contributed by atoms with Crippen LogP contribution in [0.5, 0.6) is 0 Å². The number of aromatic nitrogens is 8. The predicted octanol–water partition coefficient (Wildman–Crippen LogP) is 5.60. The van der Waals surface area contributed by atoms with E-state index in [1.807, 2.05) is 48.5 Å². The van der Waals surface area contributed by atoms with Gasteiger partial charge in [-0.2, -0.15) is 35.9 Å². The fourth-order valence-electron chi connectivity index (χ4n) is 6.72. The molecule has 332 valence electrons. The Labute approximate surface area is 361 Å². The van der Waals surface area contributed by atoms with E-state index in [0.717, 1.165) is 52.1 Å². The molecule has 3 N–H and O–H groups in total. The average molecular weight is 899 g/mol. The molecule has 2 aliphatic heterocycles. The first-order chi connectivity index (χ1) is 29.7. The van der Waals surface area contributed by atoms with Crippen molar-refractivity contribution in [2.24, 2.45) is 0 Å². The molecule has 0 saturated carbocycles. The Bertz CT molecular complexity index is 2500. The van der Waals surface area contributed by atoms with Gasteiger partial charge in [-0.25, -0.2) is 0 Å². The van der Waals surface area contributed by atoms with E-state index in [1.165, 1.54) is 52.6 Å². The lowest BCUT2D eigenvalue weighted by molar-refractivity contribution is -0.156. The van der Waals surface area contributed by atoms with E-state index in [-0.39, 0.29) is 37.3 Å². The van der Waals surface area contributed by atoms with E-state index >= 15 is 0 Å². The topological polar surface area (TPSA) is 177 Å². The number of hydrogen-bond donors (Lipinski definition) is 3. The fraction of sp³-hybridized carbons (Fsp3) is 0.333. The first kappa shape index (κ1) is 46.4. The molecule has 14 nitrogen and oxygen atoms in total. The van der Waals surface area contributed by atoms with Crippen molar-refractivity contribution in [2.45, 2.75) is 63.3 Å². The molecule has 4 heterocycles. The number of β-amino-alcohol motifs (C(OH)–C–C–N with tert-alkyl or cyclic N) is 2. The van der Waals surface area contributed by atoms with Crippen LogP contribution in [0.4, 0.5) is 26.3 Å². The van der Waals surface area contributed by atoms with Crippen molar-refractivity contribution >= 4 is 22.8 Å². The van der Waals surface area contributed by atoms with Crippen LogP contribution in [0.3, 0.4) is 0 Å². The number of nitrogens with one attached hydrogen (secondary N) is 1. The lowest BCUT2D eigenvalue weighted by Gasteiger charge is -2.45. The molecule has 2 saturated heterocycles. The van der Waals surface area contributed by atoms with Gasteiger partial charge in [0.15, 0.2) is 0 Å². The number of rotatable bonds is 10. The average Bonchev–Trinajstić information content (AvgIpc) is 3.86. The molecule has 0 radical (unpaired) electrons. The Morgan fingerprint density at radius 3 is 1.38 bits per heavy atom. The number of hydrogen-bond acceptors (Lipinski definition) is 11. The van der Waals surface area contributed by atoms with Crippen LogP contribution < -0.4 is 5.32 Å². The van der Waals surface area contributed by atoms with Crippen LogP contribution in [0.15, 0.2) is 97.1 Å². The highest BCUT2D eigenvalue weighted by Crippen LogP contribution is 2.32. The molecule has 2 aliphatic rings. The van der Waals surface area contributed by atoms with Crippen molar-refractivity contribution in [3.63, 3.8) is 0 Å². The summed E-state index contributed by atoms with van der Waals surface area (Å²) in [6.45, 7) is 4.47. The van der Waals surface area contributed by atoms with Crippen LogP contribution >= 0.6 is 11.6 Å². The van der Waals surface area contributed by atoms with Gasteiger partial charge in [0.2, 0.25) is 22.8 Å². The van der Waals surface area contributed by atoms with Crippen molar-refractivity contribution in [3.8, 4) is 22.8 Å². The quantitative estimate of drug-likeness (QED) is 0.115. The highest BCUT2D eigenvalue weighted by molar-refractivity contribution is 6.62. The third-order valence-corrected chi connectivity index (χ3v) is 9.97. The highest BCUT2D eigenvalue weighted by atomic mass is 35.5. The molecular formula is C42H41ClF6N10O4. The second-order valence-electron chi connectivity index (χ2n) is 15.2. The first-order valence-corrected chi connectivity index (χ1v) is 19.7. The molecule has 4 aromatic carbocycles. The number of nitrogens with zero attached hydrogens (tertiary/aromatic N) is 9. The maximum atomic E-state index is 12.8. The van der Waals surface area contributed by atoms with Gasteiger partial charge in [-0.1, -0.05) is 72.8 Å². The minimum absolute atomic E-state index is 0.102. The largest absolute Gasteiger partial charge is 0.416 e. The standard InChI is InChI=1S/C21H20F3N5O2.C19H18F3N5O.C2H3ClO/c1-14(30)28-11-20(31,12-28)13-29-26-19(25-27-29)18-5-3-2-4-16(18)10-15-6-8-17(9-7-15)21(22,23)24;20-19(21,22)15-7-5-13(6-8-15)9-14-3-1-2-4-16(14)17-24-26-27(25-17)12-18(28)10-23-11-18;1-2(3)4/h2-9,31H,10-13H2,1H3;1-8,23,28H,9-12H2;1H3. The third kappa shape index (κ3) is 12.5. The lowest BCUT2D eigenvalue weighted by Crippen LogP contribution is -2.65. The Morgan fingerprint density at radius 1 is 0.651 bits per heavy atom. The summed E-state index contributed by atoms with van der Waals surface area (Å²) < 4.78 is 76.5. The van der Waals surface area contributed by atoms with Gasteiger partial charge < -0.3 is 20.4 Å². The van der Waals surface area contributed by atoms with Crippen molar-refractivity contribution in [1.29, 1.82) is 0 Å². The van der Waals surface area contributed by atoms with Gasteiger partial charge in [0, 0.05) is 38.1 Å². The maximum absolute atomic E-state index is 12.8. The number of alkyl halides is 6. The molecule has 0 spiro atoms. The SMILES string of the molecule is CC(=O)Cl.CC(=O)N1CC(O)(Cn2nnc(-c3ccccc3Cc3ccc(C(F)(F)F)cc3)n2)C1.OC1(Cn2nnc(-c3ccccc3Cc3ccc(C(F)(F)F)cc3)n2)CNC1. The van der Waals surface area contributed by atoms with Crippen molar-refractivity contribution in [2.75, 3.05) is 26.2 Å². The summed E-state index contributed by atoms with van der Waals surface area (Å²) in [4.78, 5) is 24.7. The number of benzene rings is 4. The van der Waals surface area contributed by atoms with Crippen molar-refractivity contribution in [1.82, 2.24) is 50.6 Å². The van der Waals surface area contributed by atoms with Crippen LogP contribution in [-0.4, -0.2) is 104 Å². The zero-order chi connectivity index (χ0) is 45.6. The molecule has 8 rings (SSSR count). The maximum Gasteiger partial charge on any atom is 0.416 e. The Hall–Kier alpha value is -6.09. The molecule has 21 heteroatoms. The van der Waals surface area contributed by atoms with Gasteiger partial charge in [0.25, 0.3) is 0 Å². The number of aliphatic hydroxyl groups is 2. The first-order valence-electron chi connectivity index (χ1n) is 19.3. The minimum atomic E-state index is -4.37. The molecule has 6 aromatic rings. The number of amides is 1. The fourth-order valence-corrected chi connectivity index (χ4v) is 6.72. The zero-order valence-electron chi connectivity index (χ0n) is 33.8. The smallest absolute Gasteiger partial charge is 0.385 e. The third-order valence-electron chi connectivity index (χ3n) is 9.97. The Kier molecular flexibility index (Phi) is 14.1. The number of tetrazole rings is 2. The predicted molar refractivity (Wildman–Crippen MR) is 217 cm³/mol. The van der Waals surface area contributed by atoms with Gasteiger partial charge in [-0.05, 0) is 81.4 Å². The summed E-state index contributed by atoms with van der Waals surface area (Å²) in [5.74, 6) is 0.668. The molecule has 2 aromatic heterocycles. The molecule has 2 fully saturated rings. The summed E-state index contributed by atoms with van der Waals surface area (Å²) in [6, 6.07) is 24.9. The number of likely N-dealkylation sites (tertiary alicyclic amines) is 1. The molecular weight excluding hydrogens is 858 g/mol. The van der Waals surface area contributed by atoms with Crippen LogP contribution in [0.25, 0.3) is 22.8 Å². The molecule has 0 atom stereocenters. The molecule has 0 aliphatic carbocycles. The van der Waals surface area contributed by atoms with Crippen LogP contribution in [0, 0.1) is 0 Å². The van der Waals surface area contributed by atoms with E-state index in [2.05, 4.69) is 47.7 Å². The van der Waals surface area contributed by atoms with Gasteiger partial charge in [0.05, 0.1) is 37.3 Å². The molecule has 0 bridgehead atoms. The molecule has 63 heavy (non-hydrogen) atoms. The second kappa shape index (κ2) is 19.1. The van der Waals surface area contributed by atoms with Gasteiger partial charge in [0.1, 0.15) is 11.2 Å². The van der Waals surface area contributed by atoms with Crippen LogP contribution in [-0.2, 0) is 47.9 Å². The summed E-state index contributed by atoms with van der Waals surface area (Å²) in [5, 5.41) is 48.2. The zero-order valence-corrected chi connectivity index (χ0v) is 34.5. The lowest BCUT2D eigenvalue weighted by atomic mass is 9.94. The normalized spacial score (nSPS) is 15.2. The van der Waals surface area contributed by atoms with E-state index in [9.17, 15) is 46.1 Å². The summed E-state index contributed by atoms with van der Waals surface area (Å²) >= 11 is 4.64. The van der Waals surface area contributed by atoms with Gasteiger partial charge >= 0.3 is 12.4 Å². The Morgan fingerprint density at radius 2 is 1.03 bits per heavy atom. The number of carbonyl (C=O) groups excluding carboxylic acids is 2. The van der Waals surface area contributed by atoms with Gasteiger partial charge in [-0.15, -0.1) is 20.4 Å². The van der Waals surface area contributed by atoms with E-state index in [0.29, 0.717) is 43.1 Å². The van der Waals surface area contributed by atoms with E-state index in [1.54, 1.807) is 0 Å². The van der Waals surface area contributed by atoms with E-state index < -0.39 is 34.7 Å². The van der Waals surface area contributed by atoms with E-state index in [4.69, 9.17) is 0 Å². The minimum Gasteiger partial charge on any atom is -0.385 e. The monoisotopic (exact) mass is 898 g/mol.